The number of para-hydroxylation sites is 2. The van der Waals surface area contributed by atoms with E-state index < -0.39 is 0 Å². The molecule has 19 heavy (non-hydrogen) atoms. The first-order chi connectivity index (χ1) is 9.33. The first-order valence-electron chi connectivity index (χ1n) is 5.36. The minimum absolute atomic E-state index is 0.396. The molecular formula is C14H8N2O3. The van der Waals surface area contributed by atoms with Gasteiger partial charge >= 0.3 is 0 Å². The molecule has 0 radical (unpaired) electrons. The molecule has 0 aliphatic carbocycles. The lowest BCUT2D eigenvalue weighted by molar-refractivity contribution is 0.484. The van der Waals surface area contributed by atoms with Gasteiger partial charge in [0.2, 0.25) is 12.2 Å². The van der Waals surface area contributed by atoms with Crippen LogP contribution in [0.5, 0.6) is 11.5 Å². The van der Waals surface area contributed by atoms with Crippen LogP contribution in [-0.4, -0.2) is 12.2 Å². The van der Waals surface area contributed by atoms with Crippen LogP contribution in [0.3, 0.4) is 0 Å². The molecule has 0 aliphatic rings. The van der Waals surface area contributed by atoms with Crippen molar-refractivity contribution in [3.63, 3.8) is 0 Å². The third-order valence-electron chi connectivity index (χ3n) is 2.27. The van der Waals surface area contributed by atoms with Crippen molar-refractivity contribution in [3.05, 3.63) is 48.5 Å². The Morgan fingerprint density at radius 1 is 0.842 bits per heavy atom. The molecule has 0 amide bonds. The molecule has 92 valence electrons. The van der Waals surface area contributed by atoms with Gasteiger partial charge in [-0.25, -0.2) is 9.59 Å². The fraction of sp³-hybridized carbons (Fsp3) is 0. The summed E-state index contributed by atoms with van der Waals surface area (Å²) >= 11 is 0. The second-order valence-electron chi connectivity index (χ2n) is 3.47. The molecule has 2 aromatic carbocycles. The number of ether oxygens (including phenoxy) is 1. The van der Waals surface area contributed by atoms with Crippen LogP contribution < -0.4 is 4.74 Å². The number of carbonyl (C=O) groups excluding carboxylic acids is 2. The van der Waals surface area contributed by atoms with Crippen molar-refractivity contribution in [2.24, 2.45) is 9.98 Å². The van der Waals surface area contributed by atoms with E-state index in [1.54, 1.807) is 48.5 Å². The van der Waals surface area contributed by atoms with Crippen LogP contribution >= 0.6 is 0 Å². The van der Waals surface area contributed by atoms with E-state index in [0.29, 0.717) is 22.9 Å². The van der Waals surface area contributed by atoms with Crippen LogP contribution in [0.15, 0.2) is 58.5 Å². The van der Waals surface area contributed by atoms with Crippen molar-refractivity contribution in [2.45, 2.75) is 0 Å². The van der Waals surface area contributed by atoms with E-state index in [9.17, 15) is 9.59 Å². The van der Waals surface area contributed by atoms with Gasteiger partial charge in [-0.1, -0.05) is 12.1 Å². The van der Waals surface area contributed by atoms with Gasteiger partial charge in [-0.15, -0.1) is 0 Å². The van der Waals surface area contributed by atoms with Gasteiger partial charge in [-0.3, -0.25) is 0 Å². The molecule has 0 spiro atoms. The zero-order valence-electron chi connectivity index (χ0n) is 9.74. The molecule has 2 aromatic rings. The van der Waals surface area contributed by atoms with Crippen molar-refractivity contribution in [1.29, 1.82) is 0 Å². The number of isocyanates is 2. The monoisotopic (exact) mass is 252 g/mol. The van der Waals surface area contributed by atoms with Gasteiger partial charge in [0, 0.05) is 0 Å². The third-order valence-corrected chi connectivity index (χ3v) is 2.27. The minimum Gasteiger partial charge on any atom is -0.455 e. The lowest BCUT2D eigenvalue weighted by Gasteiger charge is -2.07. The van der Waals surface area contributed by atoms with Gasteiger partial charge in [0.05, 0.1) is 5.69 Å². The van der Waals surface area contributed by atoms with Gasteiger partial charge in [-0.05, 0) is 36.4 Å². The highest BCUT2D eigenvalue weighted by molar-refractivity contribution is 5.58. The molecule has 0 saturated heterocycles. The lowest BCUT2D eigenvalue weighted by Crippen LogP contribution is -1.84. The highest BCUT2D eigenvalue weighted by Gasteiger charge is 2.03. The number of benzene rings is 2. The molecule has 5 heteroatoms. The molecular weight excluding hydrogens is 244 g/mol. The van der Waals surface area contributed by atoms with Crippen molar-refractivity contribution in [3.8, 4) is 11.5 Å². The van der Waals surface area contributed by atoms with E-state index >= 15 is 0 Å². The van der Waals surface area contributed by atoms with Crippen molar-refractivity contribution in [2.75, 3.05) is 0 Å². The lowest BCUT2D eigenvalue weighted by atomic mass is 10.3. The Balaban J connectivity index is 2.26. The number of rotatable bonds is 4. The topological polar surface area (TPSA) is 68.1 Å². The summed E-state index contributed by atoms with van der Waals surface area (Å²) in [5.41, 5.74) is 0.883. The SMILES string of the molecule is O=C=Nc1ccc(Oc2ccccc2N=C=O)cc1. The highest BCUT2D eigenvalue weighted by atomic mass is 16.5. The van der Waals surface area contributed by atoms with E-state index in [1.807, 2.05) is 0 Å². The van der Waals surface area contributed by atoms with Crippen LogP contribution in [0.2, 0.25) is 0 Å². The maximum Gasteiger partial charge on any atom is 0.240 e. The summed E-state index contributed by atoms with van der Waals surface area (Å²) in [7, 11) is 0. The van der Waals surface area contributed by atoms with Crippen molar-refractivity contribution >= 4 is 23.5 Å². The second kappa shape index (κ2) is 6.07. The molecule has 0 atom stereocenters. The molecule has 0 aromatic heterocycles. The summed E-state index contributed by atoms with van der Waals surface area (Å²) < 4.78 is 5.58. The van der Waals surface area contributed by atoms with Crippen LogP contribution in [0.4, 0.5) is 11.4 Å². The van der Waals surface area contributed by atoms with Gasteiger partial charge in [0.15, 0.2) is 5.75 Å². The maximum absolute atomic E-state index is 10.3. The largest absolute Gasteiger partial charge is 0.455 e. The van der Waals surface area contributed by atoms with Crippen molar-refractivity contribution < 1.29 is 14.3 Å². The summed E-state index contributed by atoms with van der Waals surface area (Å²) in [5, 5.41) is 0. The van der Waals surface area contributed by atoms with E-state index in [2.05, 4.69) is 9.98 Å². The molecule has 0 N–H and O–H groups in total. The Kier molecular flexibility index (Phi) is 3.98. The summed E-state index contributed by atoms with van der Waals surface area (Å²) in [4.78, 5) is 27.4. The standard InChI is InChI=1S/C14H8N2O3/c17-9-15-11-5-7-12(8-6-11)19-14-4-2-1-3-13(14)16-10-18/h1-8H. The molecule has 5 nitrogen and oxygen atoms in total. The van der Waals surface area contributed by atoms with Gasteiger partial charge in [-0.2, -0.15) is 9.98 Å². The third kappa shape index (κ3) is 3.23. The summed E-state index contributed by atoms with van der Waals surface area (Å²) in [6.45, 7) is 0. The molecule has 0 heterocycles. The Bertz CT molecular complexity index is 667. The maximum atomic E-state index is 10.3. The Labute approximate surface area is 108 Å². The zero-order chi connectivity index (χ0) is 13.5. The van der Waals surface area contributed by atoms with Crippen molar-refractivity contribution in [1.82, 2.24) is 0 Å². The fourth-order valence-corrected chi connectivity index (χ4v) is 1.45. The predicted octanol–water partition coefficient (Wildman–Crippen LogP) is 3.41. The Morgan fingerprint density at radius 3 is 2.21 bits per heavy atom. The molecule has 2 rings (SSSR count). The van der Waals surface area contributed by atoms with Gasteiger partial charge in [0.1, 0.15) is 11.4 Å². The summed E-state index contributed by atoms with van der Waals surface area (Å²) in [6, 6.07) is 13.4. The molecule has 0 saturated carbocycles. The normalized spacial score (nSPS) is 9.05. The van der Waals surface area contributed by atoms with E-state index in [1.165, 1.54) is 12.2 Å². The van der Waals surface area contributed by atoms with Crippen LogP contribution in [0.1, 0.15) is 0 Å². The number of hydrogen-bond acceptors (Lipinski definition) is 5. The second-order valence-corrected chi connectivity index (χ2v) is 3.47. The van der Waals surface area contributed by atoms with E-state index in [0.717, 1.165) is 0 Å². The molecule has 0 fully saturated rings. The van der Waals surface area contributed by atoms with Gasteiger partial charge < -0.3 is 4.74 Å². The van der Waals surface area contributed by atoms with E-state index in [4.69, 9.17) is 4.74 Å². The van der Waals surface area contributed by atoms with Gasteiger partial charge in [0.25, 0.3) is 0 Å². The highest BCUT2D eigenvalue weighted by Crippen LogP contribution is 2.31. The molecule has 0 bridgehead atoms. The predicted molar refractivity (Wildman–Crippen MR) is 68.5 cm³/mol. The van der Waals surface area contributed by atoms with Crippen LogP contribution in [0.25, 0.3) is 0 Å². The smallest absolute Gasteiger partial charge is 0.240 e. The quantitative estimate of drug-likeness (QED) is 0.618. The number of nitrogens with zero attached hydrogens (tertiary/aromatic N) is 2. The Hall–Kier alpha value is -3.00. The minimum atomic E-state index is 0.396. The zero-order valence-corrected chi connectivity index (χ0v) is 9.74. The van der Waals surface area contributed by atoms with Crippen LogP contribution in [-0.2, 0) is 9.59 Å². The van der Waals surface area contributed by atoms with Crippen LogP contribution in [0, 0.1) is 0 Å². The summed E-state index contributed by atoms with van der Waals surface area (Å²) in [6.07, 6.45) is 2.93. The number of aliphatic imine (C=N–C) groups is 2. The fourth-order valence-electron chi connectivity index (χ4n) is 1.45. The molecule has 0 aliphatic heterocycles. The summed E-state index contributed by atoms with van der Waals surface area (Å²) in [5.74, 6) is 0.982. The first kappa shape index (κ1) is 12.5. The molecule has 0 unspecified atom stereocenters. The Morgan fingerprint density at radius 2 is 1.53 bits per heavy atom. The van der Waals surface area contributed by atoms with E-state index in [-0.39, 0.29) is 0 Å². The first-order valence-corrected chi connectivity index (χ1v) is 5.36. The average Bonchev–Trinajstić information content (AvgIpc) is 2.44. The number of hydrogen-bond donors (Lipinski definition) is 0. The average molecular weight is 252 g/mol.